The van der Waals surface area contributed by atoms with E-state index in [4.69, 9.17) is 5.11 Å². The van der Waals surface area contributed by atoms with Gasteiger partial charge in [0.05, 0.1) is 11.9 Å². The molecule has 1 N–H and O–H groups in total. The lowest BCUT2D eigenvalue weighted by Gasteiger charge is -2.23. The van der Waals surface area contributed by atoms with Gasteiger partial charge in [0, 0.05) is 15.8 Å². The smallest absolute Gasteiger partial charge is 0.412 e. The topological polar surface area (TPSA) is 53.4 Å². The van der Waals surface area contributed by atoms with Crippen molar-refractivity contribution in [3.05, 3.63) is 22.0 Å². The van der Waals surface area contributed by atoms with E-state index >= 15 is 0 Å². The first kappa shape index (κ1) is 11.2. The summed E-state index contributed by atoms with van der Waals surface area (Å²) in [5, 5.41) is 9.02. The molecular formula is C9H11IN2O2. The van der Waals surface area contributed by atoms with E-state index in [2.05, 4.69) is 27.6 Å². The fourth-order valence-corrected chi connectivity index (χ4v) is 1.71. The van der Waals surface area contributed by atoms with Gasteiger partial charge in [-0.25, -0.2) is 4.79 Å². The maximum atomic E-state index is 11.0. The number of nitrogens with zero attached hydrogens (tertiary/aromatic N) is 2. The van der Waals surface area contributed by atoms with Crippen molar-refractivity contribution in [2.75, 3.05) is 4.90 Å². The molecule has 0 aliphatic rings. The molecule has 1 aromatic rings. The number of halogens is 1. The van der Waals surface area contributed by atoms with Gasteiger partial charge in [-0.2, -0.15) is 0 Å². The second-order valence-electron chi connectivity index (χ2n) is 3.07. The molecule has 0 aromatic carbocycles. The Bertz CT molecular complexity index is 341. The Kier molecular flexibility index (Phi) is 3.68. The number of amides is 1. The van der Waals surface area contributed by atoms with E-state index in [1.807, 2.05) is 13.8 Å². The summed E-state index contributed by atoms with van der Waals surface area (Å²) in [5.41, 5.74) is 0.635. The number of carboxylic acid groups (broad SMARTS) is 1. The van der Waals surface area contributed by atoms with Gasteiger partial charge in [-0.3, -0.25) is 9.88 Å². The van der Waals surface area contributed by atoms with Crippen LogP contribution in [0.3, 0.4) is 0 Å². The lowest BCUT2D eigenvalue weighted by molar-refractivity contribution is 0.200. The number of hydrogen-bond donors (Lipinski definition) is 1. The number of rotatable bonds is 2. The number of anilines is 1. The average Bonchev–Trinajstić information content (AvgIpc) is 2.07. The minimum absolute atomic E-state index is 0.0924. The molecule has 0 aliphatic carbocycles. The molecule has 0 unspecified atom stereocenters. The van der Waals surface area contributed by atoms with Crippen molar-refractivity contribution in [3.8, 4) is 0 Å². The Hall–Kier alpha value is -0.850. The summed E-state index contributed by atoms with van der Waals surface area (Å²) in [4.78, 5) is 16.2. The molecule has 0 bridgehead atoms. The van der Waals surface area contributed by atoms with Crippen molar-refractivity contribution in [2.24, 2.45) is 0 Å². The highest BCUT2D eigenvalue weighted by atomic mass is 127. The van der Waals surface area contributed by atoms with Crippen molar-refractivity contribution in [1.82, 2.24) is 4.98 Å². The largest absolute Gasteiger partial charge is 0.465 e. The molecule has 76 valence electrons. The highest BCUT2D eigenvalue weighted by molar-refractivity contribution is 14.1. The standard InChI is InChI=1S/C9H11IN2O2/c1-6(2)12(9(13)14)8-5-11-4-3-7(8)10/h3-6H,1-2H3,(H,13,14). The van der Waals surface area contributed by atoms with E-state index in [1.165, 1.54) is 4.90 Å². The fourth-order valence-electron chi connectivity index (χ4n) is 1.15. The van der Waals surface area contributed by atoms with Crippen molar-refractivity contribution >= 4 is 34.4 Å². The van der Waals surface area contributed by atoms with E-state index in [9.17, 15) is 4.79 Å². The molecule has 0 fully saturated rings. The van der Waals surface area contributed by atoms with Crippen molar-refractivity contribution in [1.29, 1.82) is 0 Å². The van der Waals surface area contributed by atoms with Crippen LogP contribution in [0.2, 0.25) is 0 Å². The maximum absolute atomic E-state index is 11.0. The molecule has 1 rings (SSSR count). The third-order valence-corrected chi connectivity index (χ3v) is 2.64. The van der Waals surface area contributed by atoms with Crippen LogP contribution in [-0.4, -0.2) is 22.2 Å². The first-order chi connectivity index (χ1) is 6.54. The van der Waals surface area contributed by atoms with Gasteiger partial charge in [0.1, 0.15) is 0 Å². The first-order valence-corrected chi connectivity index (χ1v) is 5.23. The molecule has 1 aromatic heterocycles. The Morgan fingerprint density at radius 2 is 2.29 bits per heavy atom. The molecule has 0 saturated carbocycles. The van der Waals surface area contributed by atoms with E-state index in [-0.39, 0.29) is 6.04 Å². The summed E-state index contributed by atoms with van der Waals surface area (Å²) in [6.07, 6.45) is 2.26. The van der Waals surface area contributed by atoms with Gasteiger partial charge < -0.3 is 5.11 Å². The lowest BCUT2D eigenvalue weighted by atomic mass is 10.3. The highest BCUT2D eigenvalue weighted by Crippen LogP contribution is 2.22. The minimum Gasteiger partial charge on any atom is -0.465 e. The van der Waals surface area contributed by atoms with Crippen LogP contribution in [-0.2, 0) is 0 Å². The zero-order valence-electron chi connectivity index (χ0n) is 7.94. The third kappa shape index (κ3) is 2.34. The second kappa shape index (κ2) is 4.59. The van der Waals surface area contributed by atoms with Gasteiger partial charge in [-0.1, -0.05) is 0 Å². The van der Waals surface area contributed by atoms with Crippen LogP contribution < -0.4 is 4.90 Å². The van der Waals surface area contributed by atoms with Crippen LogP contribution in [0.25, 0.3) is 0 Å². The van der Waals surface area contributed by atoms with Gasteiger partial charge in [-0.15, -0.1) is 0 Å². The number of aromatic nitrogens is 1. The Morgan fingerprint density at radius 1 is 1.64 bits per heavy atom. The van der Waals surface area contributed by atoms with E-state index in [0.717, 1.165) is 3.57 Å². The minimum atomic E-state index is -0.953. The van der Waals surface area contributed by atoms with Crippen LogP contribution in [0.1, 0.15) is 13.8 Å². The molecule has 5 heteroatoms. The molecule has 1 heterocycles. The van der Waals surface area contributed by atoms with E-state index in [1.54, 1.807) is 18.5 Å². The summed E-state index contributed by atoms with van der Waals surface area (Å²) < 4.78 is 0.883. The summed E-state index contributed by atoms with van der Waals surface area (Å²) in [6.45, 7) is 3.66. The van der Waals surface area contributed by atoms with Gasteiger partial charge in [0.2, 0.25) is 0 Å². The molecule has 0 radical (unpaired) electrons. The van der Waals surface area contributed by atoms with Crippen LogP contribution in [0.5, 0.6) is 0 Å². The number of pyridine rings is 1. The van der Waals surface area contributed by atoms with Crippen LogP contribution in [0.15, 0.2) is 18.5 Å². The maximum Gasteiger partial charge on any atom is 0.412 e. The Morgan fingerprint density at radius 3 is 2.71 bits per heavy atom. The van der Waals surface area contributed by atoms with Crippen molar-refractivity contribution in [3.63, 3.8) is 0 Å². The molecule has 0 aliphatic heterocycles. The second-order valence-corrected chi connectivity index (χ2v) is 4.24. The highest BCUT2D eigenvalue weighted by Gasteiger charge is 2.19. The zero-order valence-corrected chi connectivity index (χ0v) is 10.1. The number of carbonyl (C=O) groups is 1. The van der Waals surface area contributed by atoms with Crippen LogP contribution in [0, 0.1) is 3.57 Å². The number of hydrogen-bond acceptors (Lipinski definition) is 2. The Labute approximate surface area is 96.1 Å². The monoisotopic (exact) mass is 306 g/mol. The molecular weight excluding hydrogens is 295 g/mol. The zero-order chi connectivity index (χ0) is 10.7. The van der Waals surface area contributed by atoms with Gasteiger partial charge in [0.25, 0.3) is 0 Å². The molecule has 0 spiro atoms. The quantitative estimate of drug-likeness (QED) is 0.855. The molecule has 0 saturated heterocycles. The van der Waals surface area contributed by atoms with Crippen LogP contribution >= 0.6 is 22.6 Å². The summed E-state index contributed by atoms with van der Waals surface area (Å²) >= 11 is 2.10. The van der Waals surface area contributed by atoms with E-state index in [0.29, 0.717) is 5.69 Å². The summed E-state index contributed by atoms with van der Waals surface area (Å²) in [5.74, 6) is 0. The van der Waals surface area contributed by atoms with Gasteiger partial charge >= 0.3 is 6.09 Å². The predicted molar refractivity (Wildman–Crippen MR) is 62.6 cm³/mol. The molecule has 4 nitrogen and oxygen atoms in total. The van der Waals surface area contributed by atoms with Crippen molar-refractivity contribution in [2.45, 2.75) is 19.9 Å². The van der Waals surface area contributed by atoms with Crippen molar-refractivity contribution < 1.29 is 9.90 Å². The first-order valence-electron chi connectivity index (χ1n) is 4.15. The summed E-state index contributed by atoms with van der Waals surface area (Å²) in [6, 6.07) is 1.69. The third-order valence-electron chi connectivity index (χ3n) is 1.73. The lowest BCUT2D eigenvalue weighted by Crippen LogP contribution is -2.36. The Balaban J connectivity index is 3.12. The van der Waals surface area contributed by atoms with Gasteiger partial charge in [-0.05, 0) is 42.5 Å². The normalized spacial score (nSPS) is 10.3. The van der Waals surface area contributed by atoms with Crippen LogP contribution in [0.4, 0.5) is 10.5 Å². The average molecular weight is 306 g/mol. The van der Waals surface area contributed by atoms with Gasteiger partial charge in [0.15, 0.2) is 0 Å². The molecule has 1 amide bonds. The van der Waals surface area contributed by atoms with E-state index < -0.39 is 6.09 Å². The summed E-state index contributed by atoms with van der Waals surface area (Å²) in [7, 11) is 0. The molecule has 0 atom stereocenters. The SMILES string of the molecule is CC(C)N(C(=O)O)c1cnccc1I. The molecule has 14 heavy (non-hydrogen) atoms. The predicted octanol–water partition coefficient (Wildman–Crippen LogP) is 2.58. The fraction of sp³-hybridized carbons (Fsp3) is 0.333.